The smallest absolute Gasteiger partial charge is 0.422 e. The fraction of sp³-hybridized carbons (Fsp3) is 0.308. The van der Waals surface area contributed by atoms with Gasteiger partial charge in [0.2, 0.25) is 6.23 Å². The van der Waals surface area contributed by atoms with E-state index in [1.165, 1.54) is 17.2 Å². The highest BCUT2D eigenvalue weighted by Crippen LogP contribution is 2.38. The second-order valence-electron chi connectivity index (χ2n) is 9.05. The number of aryl methyl sites for hydroxylation is 1. The van der Waals surface area contributed by atoms with Gasteiger partial charge in [-0.2, -0.15) is 13.2 Å². The van der Waals surface area contributed by atoms with Gasteiger partial charge in [-0.25, -0.2) is 19.2 Å². The molecule has 2 amide bonds. The van der Waals surface area contributed by atoms with Gasteiger partial charge >= 0.3 is 12.3 Å². The molecule has 0 bridgehead atoms. The van der Waals surface area contributed by atoms with E-state index in [-0.39, 0.29) is 25.4 Å². The Kier molecular flexibility index (Phi) is 7.29. The molecule has 1 atom stereocenters. The van der Waals surface area contributed by atoms with Crippen LogP contribution in [-0.4, -0.2) is 66.2 Å². The minimum Gasteiger partial charge on any atom is -0.422 e. The molecule has 1 saturated heterocycles. The zero-order chi connectivity index (χ0) is 28.6. The molecule has 0 aliphatic carbocycles. The summed E-state index contributed by atoms with van der Waals surface area (Å²) in [5.74, 6) is -2.55. The van der Waals surface area contributed by atoms with E-state index in [2.05, 4.69) is 15.3 Å². The lowest BCUT2D eigenvalue weighted by Crippen LogP contribution is -2.47. The van der Waals surface area contributed by atoms with Gasteiger partial charge in [0.25, 0.3) is 5.91 Å². The van der Waals surface area contributed by atoms with Gasteiger partial charge in [0.05, 0.1) is 31.0 Å². The fourth-order valence-corrected chi connectivity index (χ4v) is 4.56. The number of carbonyl (C=O) groups is 2. The van der Waals surface area contributed by atoms with Gasteiger partial charge in [-0.1, -0.05) is 6.07 Å². The Hall–Kier alpha value is -4.30. The molecule has 4 heterocycles. The summed E-state index contributed by atoms with van der Waals surface area (Å²) in [5, 5.41) is 11.9. The van der Waals surface area contributed by atoms with Crippen LogP contribution in [0.4, 0.5) is 39.5 Å². The average Bonchev–Trinajstić information content (AvgIpc) is 3.03. The van der Waals surface area contributed by atoms with Crippen LogP contribution in [0.15, 0.2) is 42.7 Å². The average molecular weight is 561 g/mol. The van der Waals surface area contributed by atoms with Crippen molar-refractivity contribution >= 4 is 29.2 Å². The minimum atomic E-state index is -5.06. The number of morpholine rings is 1. The lowest BCUT2D eigenvalue weighted by molar-refractivity contribution is -0.143. The third-order valence-electron chi connectivity index (χ3n) is 6.49. The first kappa shape index (κ1) is 27.3. The van der Waals surface area contributed by atoms with E-state index in [0.717, 1.165) is 17.8 Å². The third-order valence-corrected chi connectivity index (χ3v) is 6.49. The van der Waals surface area contributed by atoms with Crippen LogP contribution in [0.1, 0.15) is 21.6 Å². The number of aliphatic hydroxyl groups is 1. The molecular formula is C26H23F4N5O5. The number of aromatic nitrogens is 2. The van der Waals surface area contributed by atoms with Gasteiger partial charge in [-0.05, 0) is 42.3 Å². The summed E-state index contributed by atoms with van der Waals surface area (Å²) < 4.78 is 64.6. The van der Waals surface area contributed by atoms with Crippen LogP contribution in [0.25, 0.3) is 11.1 Å². The zero-order valence-corrected chi connectivity index (χ0v) is 21.0. The lowest BCUT2D eigenvalue weighted by Gasteiger charge is -2.34. The summed E-state index contributed by atoms with van der Waals surface area (Å²) >= 11 is 0. The maximum Gasteiger partial charge on any atom is 0.436 e. The Labute approximate surface area is 225 Å². The Morgan fingerprint density at radius 3 is 2.77 bits per heavy atom. The number of hydrogen-bond acceptors (Lipinski definition) is 8. The molecule has 0 spiro atoms. The van der Waals surface area contributed by atoms with Crippen molar-refractivity contribution in [3.05, 3.63) is 65.4 Å². The maximum absolute atomic E-state index is 14.5. The van der Waals surface area contributed by atoms with Crippen molar-refractivity contribution in [2.75, 3.05) is 48.0 Å². The van der Waals surface area contributed by atoms with E-state index in [1.54, 1.807) is 18.2 Å². The SMILES string of the molecule is Cc1ccc(NC(=O)c2ccnc(C(F)(F)F)c2F)cc1-c1cnc2c(c1)N1CCOC[C@H]1OC(=O)N2CCO. The predicted molar refractivity (Wildman–Crippen MR) is 134 cm³/mol. The molecule has 40 heavy (non-hydrogen) atoms. The van der Waals surface area contributed by atoms with Crippen LogP contribution in [0, 0.1) is 12.7 Å². The van der Waals surface area contributed by atoms with E-state index in [9.17, 15) is 32.3 Å². The maximum atomic E-state index is 14.5. The fourth-order valence-electron chi connectivity index (χ4n) is 4.56. The first-order valence-corrected chi connectivity index (χ1v) is 12.2. The normalized spacial score (nSPS) is 17.1. The van der Waals surface area contributed by atoms with Gasteiger partial charge in [0, 0.05) is 30.2 Å². The van der Waals surface area contributed by atoms with Crippen LogP contribution in [0.3, 0.4) is 0 Å². The summed E-state index contributed by atoms with van der Waals surface area (Å²) in [6, 6.07) is 7.46. The van der Waals surface area contributed by atoms with Crippen LogP contribution in [-0.2, 0) is 15.7 Å². The molecule has 3 aromatic rings. The number of amides is 2. The molecular weight excluding hydrogens is 538 g/mol. The van der Waals surface area contributed by atoms with Crippen molar-refractivity contribution in [1.29, 1.82) is 0 Å². The van der Waals surface area contributed by atoms with Crippen LogP contribution >= 0.6 is 0 Å². The number of anilines is 3. The molecule has 0 radical (unpaired) electrons. The molecule has 210 valence electrons. The second-order valence-corrected chi connectivity index (χ2v) is 9.05. The number of pyridine rings is 2. The largest absolute Gasteiger partial charge is 0.436 e. The first-order valence-electron chi connectivity index (χ1n) is 12.2. The van der Waals surface area contributed by atoms with Crippen molar-refractivity contribution in [3.63, 3.8) is 0 Å². The second kappa shape index (κ2) is 10.7. The van der Waals surface area contributed by atoms with Crippen LogP contribution in [0.5, 0.6) is 0 Å². The van der Waals surface area contributed by atoms with Crippen LogP contribution < -0.4 is 15.1 Å². The Morgan fingerprint density at radius 1 is 1.23 bits per heavy atom. The number of nitrogens with one attached hydrogen (secondary N) is 1. The molecule has 14 heteroatoms. The monoisotopic (exact) mass is 561 g/mol. The number of benzene rings is 1. The number of rotatable bonds is 5. The van der Waals surface area contributed by atoms with Crippen molar-refractivity contribution in [1.82, 2.24) is 9.97 Å². The van der Waals surface area contributed by atoms with Crippen molar-refractivity contribution in [3.8, 4) is 11.1 Å². The van der Waals surface area contributed by atoms with Gasteiger partial charge < -0.3 is 24.8 Å². The summed E-state index contributed by atoms with van der Waals surface area (Å²) in [4.78, 5) is 36.0. The summed E-state index contributed by atoms with van der Waals surface area (Å²) in [6.45, 7) is 2.40. The van der Waals surface area contributed by atoms with Gasteiger partial charge in [0.1, 0.15) is 6.61 Å². The molecule has 2 aliphatic rings. The third kappa shape index (κ3) is 5.14. The van der Waals surface area contributed by atoms with Crippen molar-refractivity contribution < 1.29 is 41.7 Å². The highest BCUT2D eigenvalue weighted by Gasteiger charge is 2.38. The Balaban J connectivity index is 1.50. The molecule has 2 N–H and O–H groups in total. The van der Waals surface area contributed by atoms with E-state index >= 15 is 0 Å². The highest BCUT2D eigenvalue weighted by molar-refractivity contribution is 6.05. The van der Waals surface area contributed by atoms with E-state index < -0.39 is 41.5 Å². The molecule has 0 saturated carbocycles. The summed E-state index contributed by atoms with van der Waals surface area (Å²) in [7, 11) is 0. The number of aliphatic hydroxyl groups excluding tert-OH is 1. The zero-order valence-electron chi connectivity index (χ0n) is 21.0. The first-order chi connectivity index (χ1) is 19.1. The van der Waals surface area contributed by atoms with Crippen molar-refractivity contribution in [2.45, 2.75) is 19.3 Å². The summed E-state index contributed by atoms with van der Waals surface area (Å²) in [5.41, 5.74) is 0.191. The standard InChI is InChI=1S/C26H23F4N5O5/c1-14-2-3-16(33-24(37)17-4-5-31-22(21(17)27)26(28,29)30)11-18(14)15-10-19-23(32-12-15)35(6-8-36)25(38)40-20-13-39-9-7-34(19)20/h2-5,10-12,20,36H,6-9,13H2,1H3,(H,33,37)/t20-/m1/s1. The number of carbonyl (C=O) groups excluding carboxylic acids is 2. The predicted octanol–water partition coefficient (Wildman–Crippen LogP) is 3.97. The molecule has 2 aliphatic heterocycles. The Morgan fingerprint density at radius 2 is 2.02 bits per heavy atom. The molecule has 10 nitrogen and oxygen atoms in total. The number of halogens is 4. The van der Waals surface area contributed by atoms with E-state index in [1.807, 2.05) is 11.8 Å². The number of hydrogen-bond donors (Lipinski definition) is 2. The number of β-amino-alcohol motifs (C(OH)–C–C–N with tert-alkyl or cyclic N) is 1. The van der Waals surface area contributed by atoms with Gasteiger partial charge in [0.15, 0.2) is 17.3 Å². The number of nitrogens with zero attached hydrogens (tertiary/aromatic N) is 4. The van der Waals surface area contributed by atoms with E-state index in [4.69, 9.17) is 9.47 Å². The number of alkyl halides is 3. The van der Waals surface area contributed by atoms with Gasteiger partial charge in [-0.15, -0.1) is 0 Å². The molecule has 0 unspecified atom stereocenters. The summed E-state index contributed by atoms with van der Waals surface area (Å²) in [6.07, 6.45) is -4.20. The highest BCUT2D eigenvalue weighted by atomic mass is 19.4. The van der Waals surface area contributed by atoms with Crippen molar-refractivity contribution in [2.24, 2.45) is 0 Å². The lowest BCUT2D eigenvalue weighted by atomic mass is 10.0. The van der Waals surface area contributed by atoms with Crippen LogP contribution in [0.2, 0.25) is 0 Å². The molecule has 2 aromatic heterocycles. The topological polar surface area (TPSA) is 117 Å². The van der Waals surface area contributed by atoms with E-state index in [0.29, 0.717) is 35.8 Å². The number of fused-ring (bicyclic) bond motifs is 3. The quantitative estimate of drug-likeness (QED) is 0.450. The molecule has 1 fully saturated rings. The Bertz CT molecular complexity index is 1470. The molecule has 1 aromatic carbocycles. The van der Waals surface area contributed by atoms with Gasteiger partial charge in [-0.3, -0.25) is 9.69 Å². The minimum absolute atomic E-state index is 0.0399. The number of ether oxygens (including phenoxy) is 2. The molecule has 5 rings (SSSR count).